The van der Waals surface area contributed by atoms with Gasteiger partial charge >= 0.3 is 0 Å². The van der Waals surface area contributed by atoms with Crippen LogP contribution in [-0.4, -0.2) is 25.2 Å². The number of nitrogens with zero attached hydrogens (tertiary/aromatic N) is 1. The van der Waals surface area contributed by atoms with Crippen molar-refractivity contribution in [2.24, 2.45) is 10.9 Å². The maximum atomic E-state index is 13.8. The molecule has 0 aromatic heterocycles. The van der Waals surface area contributed by atoms with E-state index < -0.39 is 0 Å². The van der Waals surface area contributed by atoms with E-state index in [-0.39, 0.29) is 11.6 Å². The van der Waals surface area contributed by atoms with Crippen LogP contribution < -0.4 is 15.4 Å². The molecule has 0 saturated heterocycles. The lowest BCUT2D eigenvalue weighted by atomic mass is 10.1. The molecule has 1 atom stereocenters. The Morgan fingerprint density at radius 1 is 1.27 bits per heavy atom. The molecule has 0 radical (unpaired) electrons. The number of guanidine groups is 1. The highest BCUT2D eigenvalue weighted by molar-refractivity contribution is 5.80. The molecule has 0 bridgehead atoms. The van der Waals surface area contributed by atoms with Crippen LogP contribution in [0.3, 0.4) is 0 Å². The summed E-state index contributed by atoms with van der Waals surface area (Å²) in [4.78, 5) is 4.51. The molecule has 1 rings (SSSR count). The second-order valence-electron chi connectivity index (χ2n) is 5.57. The normalized spacial score (nSPS) is 13.1. The van der Waals surface area contributed by atoms with Gasteiger partial charge in [0.15, 0.2) is 17.5 Å². The SMILES string of the molecule is CCNC(=NCc1ccc(OCC)c(F)c1)NC(C)C(C)C. The smallest absolute Gasteiger partial charge is 0.191 e. The molecule has 0 amide bonds. The zero-order valence-corrected chi connectivity index (χ0v) is 14.2. The minimum atomic E-state index is -0.344. The Morgan fingerprint density at radius 3 is 2.55 bits per heavy atom. The molecule has 1 aromatic rings. The molecule has 4 nitrogen and oxygen atoms in total. The van der Waals surface area contributed by atoms with Gasteiger partial charge in [-0.15, -0.1) is 0 Å². The molecule has 0 spiro atoms. The van der Waals surface area contributed by atoms with Crippen LogP contribution in [0.5, 0.6) is 5.75 Å². The van der Waals surface area contributed by atoms with E-state index >= 15 is 0 Å². The average Bonchev–Trinajstić information content (AvgIpc) is 2.47. The third-order valence-electron chi connectivity index (χ3n) is 3.42. The summed E-state index contributed by atoms with van der Waals surface area (Å²) in [6.45, 7) is 11.9. The Morgan fingerprint density at radius 2 is 2.00 bits per heavy atom. The van der Waals surface area contributed by atoms with E-state index in [1.165, 1.54) is 6.07 Å². The first kappa shape index (κ1) is 18.3. The lowest BCUT2D eigenvalue weighted by molar-refractivity contribution is 0.321. The summed E-state index contributed by atoms with van der Waals surface area (Å²) in [5.74, 6) is 1.20. The number of ether oxygens (including phenoxy) is 1. The van der Waals surface area contributed by atoms with Crippen LogP contribution >= 0.6 is 0 Å². The monoisotopic (exact) mass is 309 g/mol. The molecular formula is C17H28FN3O. The van der Waals surface area contributed by atoms with Gasteiger partial charge in [-0.2, -0.15) is 0 Å². The molecular weight excluding hydrogens is 281 g/mol. The Balaban J connectivity index is 2.75. The van der Waals surface area contributed by atoms with Crippen molar-refractivity contribution in [1.29, 1.82) is 0 Å². The van der Waals surface area contributed by atoms with Gasteiger partial charge in [0.2, 0.25) is 0 Å². The number of benzene rings is 1. The highest BCUT2D eigenvalue weighted by Gasteiger charge is 2.09. The molecule has 0 aliphatic heterocycles. The highest BCUT2D eigenvalue weighted by Crippen LogP contribution is 2.18. The molecule has 124 valence electrons. The van der Waals surface area contributed by atoms with Crippen LogP contribution in [0.15, 0.2) is 23.2 Å². The predicted octanol–water partition coefficient (Wildman–Crippen LogP) is 3.32. The molecule has 22 heavy (non-hydrogen) atoms. The van der Waals surface area contributed by atoms with E-state index in [4.69, 9.17) is 4.74 Å². The number of rotatable bonds is 7. The van der Waals surface area contributed by atoms with Gasteiger partial charge in [0.1, 0.15) is 0 Å². The third kappa shape index (κ3) is 5.92. The van der Waals surface area contributed by atoms with Crippen molar-refractivity contribution in [2.75, 3.05) is 13.2 Å². The lowest BCUT2D eigenvalue weighted by Gasteiger charge is -2.20. The van der Waals surface area contributed by atoms with Gasteiger partial charge in [0.25, 0.3) is 0 Å². The highest BCUT2D eigenvalue weighted by atomic mass is 19.1. The van der Waals surface area contributed by atoms with Gasteiger partial charge in [-0.25, -0.2) is 9.38 Å². The van der Waals surface area contributed by atoms with E-state index in [9.17, 15) is 4.39 Å². The quantitative estimate of drug-likeness (QED) is 0.600. The summed E-state index contributed by atoms with van der Waals surface area (Å²) in [6.07, 6.45) is 0. The maximum Gasteiger partial charge on any atom is 0.191 e. The molecule has 0 heterocycles. The average molecular weight is 309 g/mol. The first-order valence-corrected chi connectivity index (χ1v) is 7.94. The molecule has 5 heteroatoms. The molecule has 1 aromatic carbocycles. The first-order chi connectivity index (χ1) is 10.5. The van der Waals surface area contributed by atoms with Crippen LogP contribution in [0.4, 0.5) is 4.39 Å². The van der Waals surface area contributed by atoms with Crippen molar-refractivity contribution in [3.05, 3.63) is 29.6 Å². The minimum Gasteiger partial charge on any atom is -0.491 e. The molecule has 2 N–H and O–H groups in total. The Bertz CT molecular complexity index is 489. The number of hydrogen-bond acceptors (Lipinski definition) is 2. The van der Waals surface area contributed by atoms with Gasteiger partial charge < -0.3 is 15.4 Å². The van der Waals surface area contributed by atoms with Crippen LogP contribution in [0, 0.1) is 11.7 Å². The van der Waals surface area contributed by atoms with Crippen molar-refractivity contribution < 1.29 is 9.13 Å². The van der Waals surface area contributed by atoms with Crippen LogP contribution in [0.25, 0.3) is 0 Å². The van der Waals surface area contributed by atoms with Crippen molar-refractivity contribution >= 4 is 5.96 Å². The molecule has 0 aliphatic rings. The van der Waals surface area contributed by atoms with Gasteiger partial charge in [-0.3, -0.25) is 0 Å². The van der Waals surface area contributed by atoms with E-state index in [1.54, 1.807) is 6.07 Å². The van der Waals surface area contributed by atoms with Gasteiger partial charge in [0.05, 0.1) is 13.2 Å². The lowest BCUT2D eigenvalue weighted by Crippen LogP contribution is -2.44. The zero-order chi connectivity index (χ0) is 16.5. The third-order valence-corrected chi connectivity index (χ3v) is 3.42. The Kier molecular flexibility index (Phi) is 7.71. The summed E-state index contributed by atoms with van der Waals surface area (Å²) < 4.78 is 19.0. The van der Waals surface area contributed by atoms with E-state index in [1.807, 2.05) is 19.9 Å². The van der Waals surface area contributed by atoms with Crippen molar-refractivity contribution in [1.82, 2.24) is 10.6 Å². The van der Waals surface area contributed by atoms with Crippen molar-refractivity contribution in [3.8, 4) is 5.75 Å². The molecule has 0 fully saturated rings. The van der Waals surface area contributed by atoms with Gasteiger partial charge in [-0.05, 0) is 44.4 Å². The summed E-state index contributed by atoms with van der Waals surface area (Å²) in [5.41, 5.74) is 0.815. The molecule has 1 unspecified atom stereocenters. The maximum absolute atomic E-state index is 13.8. The van der Waals surface area contributed by atoms with Gasteiger partial charge in [0, 0.05) is 12.6 Å². The van der Waals surface area contributed by atoms with E-state index in [0.717, 1.165) is 18.1 Å². The summed E-state index contributed by atoms with van der Waals surface area (Å²) in [5, 5.41) is 6.56. The molecule has 0 saturated carbocycles. The largest absolute Gasteiger partial charge is 0.491 e. The second-order valence-corrected chi connectivity index (χ2v) is 5.57. The van der Waals surface area contributed by atoms with Crippen LogP contribution in [0.2, 0.25) is 0 Å². The fraction of sp³-hybridized carbons (Fsp3) is 0.588. The second kappa shape index (κ2) is 9.28. The fourth-order valence-electron chi connectivity index (χ4n) is 1.79. The predicted molar refractivity (Wildman–Crippen MR) is 89.8 cm³/mol. The zero-order valence-electron chi connectivity index (χ0n) is 14.2. The van der Waals surface area contributed by atoms with Crippen LogP contribution in [0.1, 0.15) is 40.2 Å². The van der Waals surface area contributed by atoms with Gasteiger partial charge in [-0.1, -0.05) is 19.9 Å². The van der Waals surface area contributed by atoms with E-state index in [2.05, 4.69) is 36.4 Å². The summed E-state index contributed by atoms with van der Waals surface area (Å²) in [6, 6.07) is 5.28. The topological polar surface area (TPSA) is 45.7 Å². The number of halogens is 1. The van der Waals surface area contributed by atoms with Crippen LogP contribution in [-0.2, 0) is 6.54 Å². The van der Waals surface area contributed by atoms with E-state index in [0.29, 0.717) is 25.1 Å². The summed E-state index contributed by atoms with van der Waals surface area (Å²) >= 11 is 0. The van der Waals surface area contributed by atoms with Crippen molar-refractivity contribution in [2.45, 2.75) is 47.2 Å². The minimum absolute atomic E-state index is 0.286. The number of nitrogens with one attached hydrogen (secondary N) is 2. The summed E-state index contributed by atoms with van der Waals surface area (Å²) in [7, 11) is 0. The molecule has 0 aliphatic carbocycles. The Labute approximate surface area is 133 Å². The number of hydrogen-bond donors (Lipinski definition) is 2. The number of aliphatic imine (C=N–C) groups is 1. The Hall–Kier alpha value is -1.78. The standard InChI is InChI=1S/C17H28FN3O/c1-6-19-17(21-13(5)12(3)4)20-11-14-8-9-16(22-7-2)15(18)10-14/h8-10,12-13H,6-7,11H2,1-5H3,(H2,19,20,21). The first-order valence-electron chi connectivity index (χ1n) is 7.94. The van der Waals surface area contributed by atoms with Crippen molar-refractivity contribution in [3.63, 3.8) is 0 Å². The fourth-order valence-corrected chi connectivity index (χ4v) is 1.79.